The molecule has 0 saturated heterocycles. The molecule has 18 heavy (non-hydrogen) atoms. The van der Waals surface area contributed by atoms with Gasteiger partial charge in [0.05, 0.1) is 25.0 Å². The maximum absolute atomic E-state index is 12.3. The van der Waals surface area contributed by atoms with Gasteiger partial charge in [-0.25, -0.2) is 0 Å². The monoisotopic (exact) mass is 254 g/mol. The van der Waals surface area contributed by atoms with Gasteiger partial charge in [0.25, 0.3) is 0 Å². The largest absolute Gasteiger partial charge is 0.389 e. The Kier molecular flexibility index (Phi) is 4.58. The average Bonchev–Trinajstić information content (AvgIpc) is 2.28. The molecule has 0 aliphatic heterocycles. The molecule has 0 N–H and O–H groups in total. The molecular formula is C11H9F3N4. The summed E-state index contributed by atoms with van der Waals surface area (Å²) >= 11 is 0. The molecule has 0 bridgehead atoms. The molecule has 1 atom stereocenters. The van der Waals surface area contributed by atoms with E-state index in [0.717, 1.165) is 0 Å². The van der Waals surface area contributed by atoms with E-state index in [1.165, 1.54) is 12.1 Å². The Morgan fingerprint density at radius 2 is 1.94 bits per heavy atom. The van der Waals surface area contributed by atoms with Gasteiger partial charge in [0.2, 0.25) is 0 Å². The van der Waals surface area contributed by atoms with E-state index in [-0.39, 0.29) is 12.0 Å². The number of benzene rings is 1. The Morgan fingerprint density at radius 3 is 2.39 bits per heavy atom. The van der Waals surface area contributed by atoms with Crippen molar-refractivity contribution in [3.05, 3.63) is 45.8 Å². The normalized spacial score (nSPS) is 12.3. The number of hydrogen-bond acceptors (Lipinski definition) is 2. The quantitative estimate of drug-likeness (QED) is 0.453. The number of rotatable bonds is 4. The van der Waals surface area contributed by atoms with Crippen molar-refractivity contribution < 1.29 is 13.2 Å². The van der Waals surface area contributed by atoms with Gasteiger partial charge in [0.15, 0.2) is 0 Å². The molecule has 7 heteroatoms. The number of nitrogens with zero attached hydrogens (tertiary/aromatic N) is 4. The van der Waals surface area contributed by atoms with Gasteiger partial charge in [-0.1, -0.05) is 29.4 Å². The summed E-state index contributed by atoms with van der Waals surface area (Å²) < 4.78 is 36.9. The van der Waals surface area contributed by atoms with Gasteiger partial charge < -0.3 is 0 Å². The molecule has 1 rings (SSSR count). The van der Waals surface area contributed by atoms with Crippen molar-refractivity contribution in [3.63, 3.8) is 0 Å². The Labute approximate surface area is 101 Å². The molecule has 0 heterocycles. The topological polar surface area (TPSA) is 72.5 Å². The fourth-order valence-electron chi connectivity index (χ4n) is 1.46. The lowest BCUT2D eigenvalue weighted by Crippen LogP contribution is -2.12. The highest BCUT2D eigenvalue weighted by Crippen LogP contribution is 2.32. The van der Waals surface area contributed by atoms with E-state index >= 15 is 0 Å². The van der Waals surface area contributed by atoms with Crippen LogP contribution in [0.15, 0.2) is 29.4 Å². The van der Waals surface area contributed by atoms with Gasteiger partial charge in [-0.2, -0.15) is 18.4 Å². The summed E-state index contributed by atoms with van der Waals surface area (Å²) in [6, 6.07) is 6.65. The van der Waals surface area contributed by atoms with Crippen LogP contribution in [0.1, 0.15) is 23.6 Å². The third-order valence-electron chi connectivity index (χ3n) is 2.26. The van der Waals surface area contributed by atoms with E-state index in [1.807, 2.05) is 6.07 Å². The highest BCUT2D eigenvalue weighted by molar-refractivity contribution is 5.26. The van der Waals surface area contributed by atoms with Gasteiger partial charge in [0.1, 0.15) is 0 Å². The van der Waals surface area contributed by atoms with Crippen molar-refractivity contribution in [2.75, 3.05) is 0 Å². The van der Waals surface area contributed by atoms with Crippen molar-refractivity contribution in [2.45, 2.75) is 25.1 Å². The van der Waals surface area contributed by atoms with Crippen LogP contribution in [0.3, 0.4) is 0 Å². The first-order valence-corrected chi connectivity index (χ1v) is 5.03. The number of halogens is 3. The maximum Gasteiger partial charge on any atom is 0.389 e. The minimum atomic E-state index is -4.40. The minimum Gasteiger partial charge on any atom is -0.198 e. The second-order valence-electron chi connectivity index (χ2n) is 3.62. The highest BCUT2D eigenvalue weighted by atomic mass is 19.4. The number of hydrogen-bond donors (Lipinski definition) is 0. The third kappa shape index (κ3) is 4.36. The Bertz CT molecular complexity index is 480. The molecule has 0 aromatic heterocycles. The lowest BCUT2D eigenvalue weighted by molar-refractivity contribution is -0.138. The fraction of sp³-hybridized carbons (Fsp3) is 0.364. The van der Waals surface area contributed by atoms with Crippen LogP contribution in [0.25, 0.3) is 10.4 Å². The minimum absolute atomic E-state index is 0.186. The van der Waals surface area contributed by atoms with E-state index in [9.17, 15) is 13.2 Å². The van der Waals surface area contributed by atoms with Crippen LogP contribution >= 0.6 is 0 Å². The average molecular weight is 254 g/mol. The van der Waals surface area contributed by atoms with Crippen LogP contribution in [0.2, 0.25) is 0 Å². The van der Waals surface area contributed by atoms with E-state index in [2.05, 4.69) is 10.0 Å². The first kappa shape index (κ1) is 13.9. The molecule has 1 aromatic rings. The van der Waals surface area contributed by atoms with Crippen molar-refractivity contribution in [1.82, 2.24) is 0 Å². The molecule has 0 fully saturated rings. The van der Waals surface area contributed by atoms with Crippen molar-refractivity contribution in [2.24, 2.45) is 5.11 Å². The predicted molar refractivity (Wildman–Crippen MR) is 58.3 cm³/mol. The molecule has 0 radical (unpaired) electrons. The molecule has 0 aliphatic rings. The molecule has 0 amide bonds. The molecule has 0 spiro atoms. The standard InChI is InChI=1S/C11H9F3N4/c12-11(13,14)7-10(17-18-16)9-3-1-8(2-4-9)5-6-15/h1-4,10H,5,7H2. The molecule has 0 saturated carbocycles. The van der Waals surface area contributed by atoms with E-state index < -0.39 is 18.6 Å². The van der Waals surface area contributed by atoms with Gasteiger partial charge in [-0.15, -0.1) is 0 Å². The summed E-state index contributed by atoms with van der Waals surface area (Å²) in [5.41, 5.74) is 9.27. The zero-order chi connectivity index (χ0) is 13.6. The summed E-state index contributed by atoms with van der Waals surface area (Å²) in [5.74, 6) is 0. The zero-order valence-corrected chi connectivity index (χ0v) is 9.22. The second-order valence-corrected chi connectivity index (χ2v) is 3.62. The molecule has 1 aromatic carbocycles. The van der Waals surface area contributed by atoms with Crippen LogP contribution in [0, 0.1) is 11.3 Å². The first-order chi connectivity index (χ1) is 8.46. The van der Waals surface area contributed by atoms with Gasteiger partial charge in [-0.05, 0) is 16.7 Å². The Morgan fingerprint density at radius 1 is 1.33 bits per heavy atom. The predicted octanol–water partition coefficient (Wildman–Crippen LogP) is 4.06. The molecule has 4 nitrogen and oxygen atoms in total. The van der Waals surface area contributed by atoms with E-state index in [4.69, 9.17) is 10.8 Å². The Balaban J connectivity index is 2.93. The number of nitriles is 1. The van der Waals surface area contributed by atoms with Crippen LogP contribution in [-0.4, -0.2) is 6.18 Å². The fourth-order valence-corrected chi connectivity index (χ4v) is 1.46. The van der Waals surface area contributed by atoms with Crippen LogP contribution in [0.5, 0.6) is 0 Å². The summed E-state index contributed by atoms with van der Waals surface area (Å²) in [6.45, 7) is 0. The van der Waals surface area contributed by atoms with Crippen molar-refractivity contribution in [1.29, 1.82) is 5.26 Å². The third-order valence-corrected chi connectivity index (χ3v) is 2.26. The Hall–Kier alpha value is -2.19. The van der Waals surface area contributed by atoms with Crippen molar-refractivity contribution in [3.8, 4) is 6.07 Å². The summed E-state index contributed by atoms with van der Waals surface area (Å²) in [7, 11) is 0. The number of azide groups is 1. The summed E-state index contributed by atoms with van der Waals surface area (Å²) in [5, 5.41) is 11.6. The van der Waals surface area contributed by atoms with Crippen LogP contribution in [-0.2, 0) is 6.42 Å². The smallest absolute Gasteiger partial charge is 0.198 e. The SMILES string of the molecule is N#CCc1ccc(C(CC(F)(F)F)N=[N+]=[N-])cc1. The first-order valence-electron chi connectivity index (χ1n) is 5.03. The molecule has 94 valence electrons. The number of alkyl halides is 3. The lowest BCUT2D eigenvalue weighted by atomic mass is 10.0. The van der Waals surface area contributed by atoms with Gasteiger partial charge in [-0.3, -0.25) is 0 Å². The lowest BCUT2D eigenvalue weighted by Gasteiger charge is -2.14. The van der Waals surface area contributed by atoms with Crippen LogP contribution < -0.4 is 0 Å². The van der Waals surface area contributed by atoms with Crippen LogP contribution in [0.4, 0.5) is 13.2 Å². The van der Waals surface area contributed by atoms with Crippen molar-refractivity contribution >= 4 is 0 Å². The summed E-state index contributed by atoms with van der Waals surface area (Å²) in [6.07, 6.45) is -5.41. The maximum atomic E-state index is 12.3. The zero-order valence-electron chi connectivity index (χ0n) is 9.22. The van der Waals surface area contributed by atoms with Gasteiger partial charge >= 0.3 is 6.18 Å². The second kappa shape index (κ2) is 5.94. The molecular weight excluding hydrogens is 245 g/mol. The molecule has 0 aliphatic carbocycles. The van der Waals surface area contributed by atoms with E-state index in [1.54, 1.807) is 12.1 Å². The van der Waals surface area contributed by atoms with Gasteiger partial charge in [0, 0.05) is 4.91 Å². The summed E-state index contributed by atoms with van der Waals surface area (Å²) in [4.78, 5) is 2.43. The highest BCUT2D eigenvalue weighted by Gasteiger charge is 2.32. The van der Waals surface area contributed by atoms with E-state index in [0.29, 0.717) is 5.56 Å². The molecule has 1 unspecified atom stereocenters.